The Morgan fingerprint density at radius 2 is 1.89 bits per heavy atom. The Labute approximate surface area is 171 Å². The lowest BCUT2D eigenvalue weighted by atomic mass is 9.95. The number of nitrogens with zero attached hydrogens (tertiary/aromatic N) is 2. The Kier molecular flexibility index (Phi) is 7.83. The van der Waals surface area contributed by atoms with Crippen molar-refractivity contribution >= 4 is 41.2 Å². The molecule has 2 amide bonds. The molecule has 0 spiro atoms. The van der Waals surface area contributed by atoms with Crippen molar-refractivity contribution in [2.75, 3.05) is 11.9 Å². The summed E-state index contributed by atoms with van der Waals surface area (Å²) < 4.78 is 2.15. The third-order valence-electron chi connectivity index (χ3n) is 5.23. The predicted octanol–water partition coefficient (Wildman–Crippen LogP) is 3.00. The maximum atomic E-state index is 12.4. The monoisotopic (exact) mass is 407 g/mol. The Bertz CT molecular complexity index is 814. The second kappa shape index (κ2) is 9.89. The van der Waals surface area contributed by atoms with Crippen LogP contribution >= 0.6 is 12.4 Å². The number of imidazole rings is 1. The number of para-hydroxylation sites is 2. The maximum Gasteiger partial charge on any atom is 0.246 e. The van der Waals surface area contributed by atoms with Gasteiger partial charge in [-0.1, -0.05) is 45.2 Å². The Morgan fingerprint density at radius 1 is 1.21 bits per heavy atom. The molecule has 0 bridgehead atoms. The van der Waals surface area contributed by atoms with E-state index in [9.17, 15) is 9.59 Å². The number of aromatic nitrogens is 2. The van der Waals surface area contributed by atoms with E-state index in [1.165, 1.54) is 19.3 Å². The fraction of sp³-hybridized carbons (Fsp3) is 0.550. The number of nitrogens with two attached hydrogens (primary N) is 1. The highest BCUT2D eigenvalue weighted by molar-refractivity contribution is 5.95. The second-order valence-electron chi connectivity index (χ2n) is 7.62. The first kappa shape index (κ1) is 22.2. The molecule has 1 atom stereocenters. The van der Waals surface area contributed by atoms with Crippen molar-refractivity contribution in [3.63, 3.8) is 0 Å². The first-order chi connectivity index (χ1) is 13.0. The average molecular weight is 408 g/mol. The highest BCUT2D eigenvalue weighted by Crippen LogP contribution is 2.34. The van der Waals surface area contributed by atoms with Gasteiger partial charge in [0.2, 0.25) is 17.8 Å². The number of benzene rings is 1. The summed E-state index contributed by atoms with van der Waals surface area (Å²) in [7, 11) is 0. The van der Waals surface area contributed by atoms with E-state index in [-0.39, 0.29) is 36.7 Å². The molecule has 1 heterocycles. The molecule has 28 heavy (non-hydrogen) atoms. The van der Waals surface area contributed by atoms with E-state index in [0.29, 0.717) is 12.0 Å². The fourth-order valence-corrected chi connectivity index (χ4v) is 3.60. The largest absolute Gasteiger partial charge is 0.346 e. The van der Waals surface area contributed by atoms with Gasteiger partial charge in [0.1, 0.15) is 0 Å². The lowest BCUT2D eigenvalue weighted by Crippen LogP contribution is -2.46. The van der Waals surface area contributed by atoms with Gasteiger partial charge < -0.3 is 15.6 Å². The summed E-state index contributed by atoms with van der Waals surface area (Å²) in [4.78, 5) is 29.0. The van der Waals surface area contributed by atoms with Crippen molar-refractivity contribution < 1.29 is 9.59 Å². The van der Waals surface area contributed by atoms with Gasteiger partial charge >= 0.3 is 0 Å². The van der Waals surface area contributed by atoms with Crippen molar-refractivity contribution in [1.82, 2.24) is 14.9 Å². The van der Waals surface area contributed by atoms with E-state index in [4.69, 9.17) is 5.73 Å². The van der Waals surface area contributed by atoms with Gasteiger partial charge in [0.05, 0.1) is 23.6 Å². The molecule has 3 rings (SSSR count). The van der Waals surface area contributed by atoms with Crippen LogP contribution in [-0.2, 0) is 9.59 Å². The average Bonchev–Trinajstić information content (AvgIpc) is 3.03. The Hall–Kier alpha value is -2.12. The summed E-state index contributed by atoms with van der Waals surface area (Å²) in [6, 6.07) is 7.64. The summed E-state index contributed by atoms with van der Waals surface area (Å²) in [5.74, 6) is -0.0494. The van der Waals surface area contributed by atoms with Crippen LogP contribution in [0.5, 0.6) is 0 Å². The van der Waals surface area contributed by atoms with Crippen LogP contribution < -0.4 is 16.4 Å². The van der Waals surface area contributed by atoms with Crippen LogP contribution in [0.25, 0.3) is 11.0 Å². The quantitative estimate of drug-likeness (QED) is 0.684. The van der Waals surface area contributed by atoms with E-state index in [2.05, 4.69) is 20.2 Å². The van der Waals surface area contributed by atoms with Crippen LogP contribution in [0.1, 0.15) is 52.0 Å². The number of rotatable bonds is 6. The first-order valence-electron chi connectivity index (χ1n) is 9.77. The van der Waals surface area contributed by atoms with Gasteiger partial charge in [0.15, 0.2) is 0 Å². The molecule has 7 nitrogen and oxygen atoms in total. The van der Waals surface area contributed by atoms with Crippen molar-refractivity contribution in [1.29, 1.82) is 0 Å². The predicted molar refractivity (Wildman–Crippen MR) is 114 cm³/mol. The highest BCUT2D eigenvalue weighted by Gasteiger charge is 2.23. The molecule has 1 aromatic carbocycles. The van der Waals surface area contributed by atoms with E-state index < -0.39 is 6.04 Å². The van der Waals surface area contributed by atoms with Crippen LogP contribution in [0.2, 0.25) is 0 Å². The summed E-state index contributed by atoms with van der Waals surface area (Å²) in [5.41, 5.74) is 7.71. The number of hydrogen-bond acceptors (Lipinski definition) is 4. The molecule has 0 unspecified atom stereocenters. The molecular weight excluding hydrogens is 378 g/mol. The number of anilines is 1. The highest BCUT2D eigenvalue weighted by atomic mass is 35.5. The number of fused-ring (bicyclic) bond motifs is 1. The fourth-order valence-electron chi connectivity index (χ4n) is 3.60. The lowest BCUT2D eigenvalue weighted by molar-refractivity contribution is -0.125. The van der Waals surface area contributed by atoms with Crippen LogP contribution in [0.4, 0.5) is 5.95 Å². The van der Waals surface area contributed by atoms with Crippen molar-refractivity contribution in [2.24, 2.45) is 11.7 Å². The first-order valence-corrected chi connectivity index (χ1v) is 9.77. The molecule has 1 fully saturated rings. The molecule has 8 heteroatoms. The van der Waals surface area contributed by atoms with Gasteiger partial charge in [-0.3, -0.25) is 14.9 Å². The number of halogens is 1. The zero-order chi connectivity index (χ0) is 19.4. The minimum Gasteiger partial charge on any atom is -0.346 e. The van der Waals surface area contributed by atoms with Gasteiger partial charge in [-0.25, -0.2) is 4.98 Å². The number of hydrogen-bond donors (Lipinski definition) is 3. The zero-order valence-electron chi connectivity index (χ0n) is 16.5. The summed E-state index contributed by atoms with van der Waals surface area (Å²) in [6.45, 7) is 3.63. The van der Waals surface area contributed by atoms with E-state index in [1.807, 2.05) is 38.1 Å². The van der Waals surface area contributed by atoms with E-state index in [0.717, 1.165) is 23.9 Å². The lowest BCUT2D eigenvalue weighted by Gasteiger charge is -2.25. The summed E-state index contributed by atoms with van der Waals surface area (Å²) in [6.07, 6.45) is 5.81. The third-order valence-corrected chi connectivity index (χ3v) is 5.23. The standard InChI is InChI=1S/C20H29N5O2.ClH/c1-13(2)18(21)19(27)22-12-17(26)24-20-23-15-10-6-7-11-16(15)25(20)14-8-4-3-5-9-14;/h6-7,10-11,13-14,18H,3-5,8-9,12,21H2,1-2H3,(H,22,27)(H,23,24,26);1H/t18-;/m0./s1. The van der Waals surface area contributed by atoms with E-state index in [1.54, 1.807) is 0 Å². The molecule has 1 aromatic heterocycles. The molecule has 1 aliphatic rings. The van der Waals surface area contributed by atoms with Crippen LogP contribution in [0.3, 0.4) is 0 Å². The van der Waals surface area contributed by atoms with Gasteiger partial charge in [-0.15, -0.1) is 12.4 Å². The number of carbonyl (C=O) groups is 2. The maximum absolute atomic E-state index is 12.4. The minimum absolute atomic E-state index is 0. The van der Waals surface area contributed by atoms with Crippen molar-refractivity contribution in [3.8, 4) is 0 Å². The number of carbonyl (C=O) groups excluding carboxylic acids is 2. The SMILES string of the molecule is CC(C)[C@H](N)C(=O)NCC(=O)Nc1nc2ccccc2n1C1CCCCC1.Cl. The summed E-state index contributed by atoms with van der Waals surface area (Å²) >= 11 is 0. The minimum atomic E-state index is -0.621. The molecule has 2 aromatic rings. The van der Waals surface area contributed by atoms with Gasteiger partial charge in [-0.05, 0) is 30.9 Å². The van der Waals surface area contributed by atoms with Crippen LogP contribution in [0, 0.1) is 5.92 Å². The Balaban J connectivity index is 0.00000280. The van der Waals surface area contributed by atoms with Crippen molar-refractivity contribution in [2.45, 2.75) is 58.0 Å². The zero-order valence-corrected chi connectivity index (χ0v) is 17.3. The third kappa shape index (κ3) is 5.02. The summed E-state index contributed by atoms with van der Waals surface area (Å²) in [5, 5.41) is 5.48. The van der Waals surface area contributed by atoms with Gasteiger partial charge in [-0.2, -0.15) is 0 Å². The molecule has 1 saturated carbocycles. The molecular formula is C20H30ClN5O2. The van der Waals surface area contributed by atoms with Crippen LogP contribution in [-0.4, -0.2) is 34.0 Å². The molecule has 0 aliphatic heterocycles. The topological polar surface area (TPSA) is 102 Å². The molecule has 0 radical (unpaired) electrons. The van der Waals surface area contributed by atoms with Gasteiger partial charge in [0, 0.05) is 6.04 Å². The number of nitrogens with one attached hydrogen (secondary N) is 2. The van der Waals surface area contributed by atoms with Crippen molar-refractivity contribution in [3.05, 3.63) is 24.3 Å². The smallest absolute Gasteiger partial charge is 0.246 e. The number of amides is 2. The molecule has 4 N–H and O–H groups in total. The second-order valence-corrected chi connectivity index (χ2v) is 7.62. The Morgan fingerprint density at radius 3 is 2.57 bits per heavy atom. The molecule has 1 aliphatic carbocycles. The van der Waals surface area contributed by atoms with Gasteiger partial charge in [0.25, 0.3) is 0 Å². The normalized spacial score (nSPS) is 15.9. The van der Waals surface area contributed by atoms with Crippen LogP contribution in [0.15, 0.2) is 24.3 Å². The molecule has 0 saturated heterocycles. The van der Waals surface area contributed by atoms with E-state index >= 15 is 0 Å². The molecule has 154 valence electrons.